The maximum atomic E-state index is 2.47. The maximum absolute atomic E-state index is 2.47. The number of nitrogens with zero attached hydrogens (tertiary/aromatic N) is 2. The molecule has 0 N–H and O–H groups in total. The first-order valence-electron chi connectivity index (χ1n) is 19.0. The Morgan fingerprint density at radius 1 is 0.357 bits per heavy atom. The van der Waals surface area contributed by atoms with Crippen molar-refractivity contribution in [1.29, 1.82) is 0 Å². The van der Waals surface area contributed by atoms with Crippen molar-refractivity contribution in [2.75, 3.05) is 4.90 Å². The summed E-state index contributed by atoms with van der Waals surface area (Å²) in [6.45, 7) is 0. The highest BCUT2D eigenvalue weighted by Crippen LogP contribution is 2.45. The van der Waals surface area contributed by atoms with Crippen molar-refractivity contribution in [2.45, 2.75) is 0 Å². The summed E-state index contributed by atoms with van der Waals surface area (Å²) in [5.41, 5.74) is 9.45. The average molecular weight is 749 g/mol. The predicted octanol–water partition coefficient (Wildman–Crippen LogP) is 15.8. The number of hydrogen-bond donors (Lipinski definition) is 0. The molecule has 0 aliphatic carbocycles. The molecular formula is C52H32N2S2. The first-order valence-corrected chi connectivity index (χ1v) is 20.6. The smallest absolute Gasteiger partial charge is 0.0547 e. The Hall–Kier alpha value is -6.72. The molecule has 3 aromatic heterocycles. The van der Waals surface area contributed by atoms with E-state index in [1.807, 2.05) is 22.7 Å². The van der Waals surface area contributed by atoms with E-state index in [0.717, 1.165) is 17.1 Å². The number of anilines is 3. The lowest BCUT2D eigenvalue weighted by molar-refractivity contribution is 1.19. The molecular weight excluding hydrogens is 717 g/mol. The van der Waals surface area contributed by atoms with Crippen molar-refractivity contribution in [3.8, 4) is 16.8 Å². The van der Waals surface area contributed by atoms with Crippen LogP contribution in [0.4, 0.5) is 17.1 Å². The topological polar surface area (TPSA) is 8.17 Å². The van der Waals surface area contributed by atoms with Crippen molar-refractivity contribution in [3.63, 3.8) is 0 Å². The van der Waals surface area contributed by atoms with Gasteiger partial charge in [-0.25, -0.2) is 0 Å². The van der Waals surface area contributed by atoms with Gasteiger partial charge < -0.3 is 9.47 Å². The van der Waals surface area contributed by atoms with Crippen molar-refractivity contribution < 1.29 is 0 Å². The van der Waals surface area contributed by atoms with Crippen LogP contribution < -0.4 is 4.90 Å². The second-order valence-electron chi connectivity index (χ2n) is 14.5. The minimum absolute atomic E-state index is 1.12. The highest BCUT2D eigenvalue weighted by Gasteiger charge is 2.19. The Morgan fingerprint density at radius 3 is 1.77 bits per heavy atom. The Morgan fingerprint density at radius 2 is 0.964 bits per heavy atom. The number of fused-ring (bicyclic) bond motifs is 10. The van der Waals surface area contributed by atoms with Gasteiger partial charge in [-0.2, -0.15) is 0 Å². The van der Waals surface area contributed by atoms with Gasteiger partial charge in [-0.1, -0.05) is 109 Å². The summed E-state index contributed by atoms with van der Waals surface area (Å²) in [4.78, 5) is 2.38. The molecule has 0 unspecified atom stereocenters. The molecule has 9 aromatic carbocycles. The monoisotopic (exact) mass is 748 g/mol. The molecule has 0 bridgehead atoms. The molecule has 0 aliphatic heterocycles. The number of rotatable bonds is 5. The molecule has 4 heteroatoms. The van der Waals surface area contributed by atoms with Gasteiger partial charge in [0.05, 0.1) is 11.0 Å². The van der Waals surface area contributed by atoms with Gasteiger partial charge in [-0.15, -0.1) is 22.7 Å². The first kappa shape index (κ1) is 31.6. The van der Waals surface area contributed by atoms with Crippen molar-refractivity contribution in [1.82, 2.24) is 4.57 Å². The van der Waals surface area contributed by atoms with E-state index < -0.39 is 0 Å². The van der Waals surface area contributed by atoms with Gasteiger partial charge in [0.15, 0.2) is 0 Å². The Labute approximate surface area is 331 Å². The summed E-state index contributed by atoms with van der Waals surface area (Å²) in [7, 11) is 0. The van der Waals surface area contributed by atoms with Gasteiger partial charge >= 0.3 is 0 Å². The lowest BCUT2D eigenvalue weighted by Gasteiger charge is -2.26. The van der Waals surface area contributed by atoms with Crippen molar-refractivity contribution >= 4 is 113 Å². The first-order chi connectivity index (χ1) is 27.7. The maximum Gasteiger partial charge on any atom is 0.0547 e. The second kappa shape index (κ2) is 12.4. The van der Waals surface area contributed by atoms with E-state index in [-0.39, 0.29) is 0 Å². The highest BCUT2D eigenvalue weighted by molar-refractivity contribution is 7.26. The van der Waals surface area contributed by atoms with E-state index in [9.17, 15) is 0 Å². The van der Waals surface area contributed by atoms with Crippen LogP contribution in [-0.2, 0) is 0 Å². The van der Waals surface area contributed by atoms with E-state index in [2.05, 4.69) is 204 Å². The number of para-hydroxylation sites is 2. The van der Waals surface area contributed by atoms with Crippen LogP contribution in [0.1, 0.15) is 0 Å². The normalized spacial score (nSPS) is 11.9. The summed E-state index contributed by atoms with van der Waals surface area (Å²) in [6.07, 6.45) is 0. The summed E-state index contributed by atoms with van der Waals surface area (Å²) >= 11 is 3.74. The van der Waals surface area contributed by atoms with Crippen LogP contribution in [0.25, 0.3) is 89.7 Å². The largest absolute Gasteiger partial charge is 0.310 e. The molecule has 0 saturated heterocycles. The molecule has 2 nitrogen and oxygen atoms in total. The molecule has 56 heavy (non-hydrogen) atoms. The summed E-state index contributed by atoms with van der Waals surface area (Å²) in [5.74, 6) is 0. The van der Waals surface area contributed by atoms with Gasteiger partial charge in [0.25, 0.3) is 0 Å². The fraction of sp³-hybridized carbons (Fsp3) is 0. The fourth-order valence-corrected chi connectivity index (χ4v) is 11.1. The van der Waals surface area contributed by atoms with Crippen LogP contribution in [0.15, 0.2) is 194 Å². The number of hydrogen-bond acceptors (Lipinski definition) is 3. The third kappa shape index (κ3) is 4.86. The molecule has 0 amide bonds. The van der Waals surface area contributed by atoms with E-state index in [1.54, 1.807) is 0 Å². The van der Waals surface area contributed by atoms with Gasteiger partial charge in [0, 0.05) is 79.4 Å². The van der Waals surface area contributed by atoms with Gasteiger partial charge in [0.2, 0.25) is 0 Å². The summed E-state index contributed by atoms with van der Waals surface area (Å²) in [5, 5.41) is 10.2. The predicted molar refractivity (Wildman–Crippen MR) is 244 cm³/mol. The zero-order chi connectivity index (χ0) is 36.7. The van der Waals surface area contributed by atoms with E-state index in [0.29, 0.717) is 0 Å². The van der Waals surface area contributed by atoms with Gasteiger partial charge in [0.1, 0.15) is 0 Å². The molecule has 0 atom stereocenters. The summed E-state index contributed by atoms with van der Waals surface area (Å²) < 4.78 is 7.71. The molecule has 0 radical (unpaired) electrons. The van der Waals surface area contributed by atoms with Crippen LogP contribution >= 0.6 is 22.7 Å². The Balaban J connectivity index is 1.06. The van der Waals surface area contributed by atoms with Gasteiger partial charge in [-0.3, -0.25) is 0 Å². The SMILES string of the molecule is c1ccc(N(c2ccc(-c3cc(-n4c5ccccc5c5cc6ccccc6cc54)cc4c3sc3ccccc34)cc2)c2ccc3sc4ccccc4c3c2)cc1. The van der Waals surface area contributed by atoms with Crippen molar-refractivity contribution in [3.05, 3.63) is 194 Å². The quantitative estimate of drug-likeness (QED) is 0.170. The van der Waals surface area contributed by atoms with Gasteiger partial charge in [-0.05, 0) is 101 Å². The van der Waals surface area contributed by atoms with Crippen LogP contribution in [0.2, 0.25) is 0 Å². The lowest BCUT2D eigenvalue weighted by Crippen LogP contribution is -2.09. The van der Waals surface area contributed by atoms with Crippen LogP contribution in [0.5, 0.6) is 0 Å². The minimum Gasteiger partial charge on any atom is -0.310 e. The molecule has 0 spiro atoms. The second-order valence-corrected chi connectivity index (χ2v) is 16.7. The van der Waals surface area contributed by atoms with Crippen LogP contribution in [-0.4, -0.2) is 4.57 Å². The fourth-order valence-electron chi connectivity index (χ4n) is 8.76. The molecule has 0 fully saturated rings. The van der Waals surface area contributed by atoms with E-state index in [1.165, 1.54) is 89.7 Å². The van der Waals surface area contributed by atoms with Crippen LogP contribution in [0.3, 0.4) is 0 Å². The average Bonchev–Trinajstić information content (AvgIpc) is 3.92. The molecule has 12 aromatic rings. The van der Waals surface area contributed by atoms with E-state index >= 15 is 0 Å². The standard InChI is InChI=1S/C52H32N2S2/c1-2-14-36(15-3-1)53(38-26-27-51-45(30-38)41-17-7-10-20-49(41)55-51)37-24-22-33(23-25-37)43-31-39(32-46-42-18-8-11-21-50(42)56-52(43)46)54-47-19-9-6-16-40(47)44-28-34-12-4-5-13-35(34)29-48(44)54/h1-32H. The minimum atomic E-state index is 1.12. The van der Waals surface area contributed by atoms with Crippen molar-refractivity contribution in [2.24, 2.45) is 0 Å². The number of thiophene rings is 2. The third-order valence-corrected chi connectivity index (χ3v) is 13.7. The van der Waals surface area contributed by atoms with E-state index in [4.69, 9.17) is 0 Å². The zero-order valence-electron chi connectivity index (χ0n) is 30.2. The molecule has 0 aliphatic rings. The highest BCUT2D eigenvalue weighted by atomic mass is 32.1. The summed E-state index contributed by atoms with van der Waals surface area (Å²) in [6, 6.07) is 71.5. The molecule has 262 valence electrons. The number of benzene rings is 9. The molecule has 3 heterocycles. The Kier molecular flexibility index (Phi) is 7.00. The zero-order valence-corrected chi connectivity index (χ0v) is 31.8. The molecule has 0 saturated carbocycles. The Bertz CT molecular complexity index is 3480. The molecule has 12 rings (SSSR count). The third-order valence-electron chi connectivity index (χ3n) is 11.3. The lowest BCUT2D eigenvalue weighted by atomic mass is 10.0. The van der Waals surface area contributed by atoms with Crippen LogP contribution in [0, 0.1) is 0 Å². The number of aromatic nitrogens is 1.